The number of ether oxygens (including phenoxy) is 2. The predicted octanol–water partition coefficient (Wildman–Crippen LogP) is 5.32. The fraction of sp³-hybridized carbons (Fsp3) is 0.455. The van der Waals surface area contributed by atoms with Crippen molar-refractivity contribution in [1.82, 2.24) is 0 Å². The van der Waals surface area contributed by atoms with Crippen LogP contribution in [0.4, 0.5) is 0 Å². The zero-order valence-electron chi connectivity index (χ0n) is 15.1. The highest BCUT2D eigenvalue weighted by atomic mass is 16.5. The molecule has 0 heterocycles. The van der Waals surface area contributed by atoms with Crippen LogP contribution in [0.25, 0.3) is 0 Å². The summed E-state index contributed by atoms with van der Waals surface area (Å²) in [6.07, 6.45) is 7.17. The fourth-order valence-corrected chi connectivity index (χ4v) is 4.23. The Hall–Kier alpha value is -1.96. The quantitative estimate of drug-likeness (QED) is 0.693. The molecule has 24 heavy (non-hydrogen) atoms. The van der Waals surface area contributed by atoms with Gasteiger partial charge in [-0.1, -0.05) is 31.5 Å². The molecular formula is C22H28O2. The zero-order valence-corrected chi connectivity index (χ0v) is 15.1. The van der Waals surface area contributed by atoms with Gasteiger partial charge in [-0.05, 0) is 78.5 Å². The van der Waals surface area contributed by atoms with Crippen molar-refractivity contribution >= 4 is 0 Å². The monoisotopic (exact) mass is 324 g/mol. The topological polar surface area (TPSA) is 18.5 Å². The highest BCUT2D eigenvalue weighted by Crippen LogP contribution is 2.42. The lowest BCUT2D eigenvalue weighted by atomic mass is 9.70. The molecule has 0 radical (unpaired) electrons. The van der Waals surface area contributed by atoms with Crippen LogP contribution < -0.4 is 9.47 Å². The summed E-state index contributed by atoms with van der Waals surface area (Å²) in [7, 11) is 3.48. The van der Waals surface area contributed by atoms with Crippen molar-refractivity contribution < 1.29 is 9.47 Å². The van der Waals surface area contributed by atoms with Crippen molar-refractivity contribution in [3.05, 3.63) is 59.2 Å². The van der Waals surface area contributed by atoms with Crippen LogP contribution in [0.5, 0.6) is 11.5 Å². The molecule has 0 spiro atoms. The van der Waals surface area contributed by atoms with Crippen LogP contribution in [-0.2, 0) is 18.3 Å². The van der Waals surface area contributed by atoms with Gasteiger partial charge in [-0.25, -0.2) is 0 Å². The van der Waals surface area contributed by atoms with Gasteiger partial charge in [0.15, 0.2) is 0 Å². The van der Waals surface area contributed by atoms with Crippen LogP contribution in [0.2, 0.25) is 0 Å². The number of rotatable bonds is 5. The van der Waals surface area contributed by atoms with Gasteiger partial charge in [0, 0.05) is 0 Å². The molecular weight excluding hydrogens is 296 g/mol. The third-order valence-corrected chi connectivity index (χ3v) is 5.47. The van der Waals surface area contributed by atoms with Crippen molar-refractivity contribution in [3.63, 3.8) is 0 Å². The van der Waals surface area contributed by atoms with Gasteiger partial charge in [-0.2, -0.15) is 0 Å². The van der Waals surface area contributed by atoms with E-state index >= 15 is 0 Å². The lowest BCUT2D eigenvalue weighted by Crippen LogP contribution is -2.28. The summed E-state index contributed by atoms with van der Waals surface area (Å²) in [5.41, 5.74) is 4.63. The summed E-state index contributed by atoms with van der Waals surface area (Å²) >= 11 is 0. The smallest absolute Gasteiger partial charge is 0.119 e. The van der Waals surface area contributed by atoms with E-state index in [0.29, 0.717) is 0 Å². The zero-order chi connectivity index (χ0) is 17.0. The van der Waals surface area contributed by atoms with Gasteiger partial charge in [0.05, 0.1) is 14.2 Å². The molecule has 0 aromatic heterocycles. The first kappa shape index (κ1) is 16.9. The molecule has 2 heteroatoms. The first-order valence-corrected chi connectivity index (χ1v) is 9.01. The van der Waals surface area contributed by atoms with Gasteiger partial charge in [0.2, 0.25) is 0 Å². The van der Waals surface area contributed by atoms with E-state index in [1.54, 1.807) is 14.2 Å². The van der Waals surface area contributed by atoms with E-state index < -0.39 is 0 Å². The summed E-state index contributed by atoms with van der Waals surface area (Å²) in [6, 6.07) is 15.3. The molecule has 2 aromatic rings. The van der Waals surface area contributed by atoms with Crippen molar-refractivity contribution in [2.75, 3.05) is 14.2 Å². The van der Waals surface area contributed by atoms with E-state index in [9.17, 15) is 0 Å². The Balaban J connectivity index is 1.99. The second-order valence-corrected chi connectivity index (χ2v) is 6.92. The maximum Gasteiger partial charge on any atom is 0.119 e. The van der Waals surface area contributed by atoms with Crippen LogP contribution in [0.1, 0.15) is 49.3 Å². The number of aryl methyl sites for hydroxylation is 1. The van der Waals surface area contributed by atoms with Crippen LogP contribution in [0, 0.1) is 0 Å². The SMILES string of the molecule is CCCC1(c2ccc(OC)cc2)CCCc2cc(OC)ccc2C1. The molecule has 1 unspecified atom stereocenters. The standard InChI is InChI=1S/C22H28O2/c1-4-13-22(19-8-11-20(23-2)12-9-19)14-5-6-17-15-21(24-3)10-7-18(17)16-22/h7-12,15H,4-6,13-14,16H2,1-3H3. The number of methoxy groups -OCH3 is 2. The van der Waals surface area contributed by atoms with Crippen LogP contribution in [-0.4, -0.2) is 14.2 Å². The van der Waals surface area contributed by atoms with Gasteiger partial charge >= 0.3 is 0 Å². The van der Waals surface area contributed by atoms with Gasteiger partial charge in [-0.15, -0.1) is 0 Å². The van der Waals surface area contributed by atoms with E-state index in [1.807, 2.05) is 0 Å². The molecule has 0 N–H and O–H groups in total. The summed E-state index contributed by atoms with van der Waals surface area (Å²) in [5, 5.41) is 0. The molecule has 2 aromatic carbocycles. The first-order chi connectivity index (χ1) is 11.7. The summed E-state index contributed by atoms with van der Waals surface area (Å²) < 4.78 is 10.8. The molecule has 0 bridgehead atoms. The molecule has 0 amide bonds. The molecule has 1 aliphatic carbocycles. The first-order valence-electron chi connectivity index (χ1n) is 9.01. The number of benzene rings is 2. The minimum Gasteiger partial charge on any atom is -0.497 e. The fourth-order valence-electron chi connectivity index (χ4n) is 4.23. The Labute approximate surface area is 145 Å². The van der Waals surface area contributed by atoms with Crippen molar-refractivity contribution in [2.24, 2.45) is 0 Å². The van der Waals surface area contributed by atoms with Crippen molar-refractivity contribution in [3.8, 4) is 11.5 Å². The second kappa shape index (κ2) is 7.29. The van der Waals surface area contributed by atoms with Crippen LogP contribution in [0.15, 0.2) is 42.5 Å². The predicted molar refractivity (Wildman–Crippen MR) is 99.2 cm³/mol. The Kier molecular flexibility index (Phi) is 5.13. The molecule has 3 rings (SSSR count). The number of hydrogen-bond acceptors (Lipinski definition) is 2. The largest absolute Gasteiger partial charge is 0.497 e. The second-order valence-electron chi connectivity index (χ2n) is 6.92. The maximum atomic E-state index is 5.42. The molecule has 0 saturated heterocycles. The van der Waals surface area contributed by atoms with E-state index in [1.165, 1.54) is 42.4 Å². The van der Waals surface area contributed by atoms with E-state index in [2.05, 4.69) is 49.4 Å². The third-order valence-electron chi connectivity index (χ3n) is 5.47. The van der Waals surface area contributed by atoms with Crippen molar-refractivity contribution in [1.29, 1.82) is 0 Å². The highest BCUT2D eigenvalue weighted by Gasteiger charge is 2.33. The Morgan fingerprint density at radius 3 is 2.29 bits per heavy atom. The lowest BCUT2D eigenvalue weighted by Gasteiger charge is -2.34. The van der Waals surface area contributed by atoms with Gasteiger partial charge < -0.3 is 9.47 Å². The maximum absolute atomic E-state index is 5.42. The third kappa shape index (κ3) is 3.28. The average molecular weight is 324 g/mol. The minimum atomic E-state index is 0.237. The summed E-state index contributed by atoms with van der Waals surface area (Å²) in [6.45, 7) is 2.30. The molecule has 0 saturated carbocycles. The molecule has 0 aliphatic heterocycles. The highest BCUT2D eigenvalue weighted by molar-refractivity contribution is 5.41. The lowest BCUT2D eigenvalue weighted by molar-refractivity contribution is 0.355. The van der Waals surface area contributed by atoms with E-state index in [4.69, 9.17) is 9.47 Å². The summed E-state index contributed by atoms with van der Waals surface area (Å²) in [5.74, 6) is 1.91. The summed E-state index contributed by atoms with van der Waals surface area (Å²) in [4.78, 5) is 0. The van der Waals surface area contributed by atoms with E-state index in [0.717, 1.165) is 24.3 Å². The van der Waals surface area contributed by atoms with Gasteiger partial charge in [0.1, 0.15) is 11.5 Å². The molecule has 1 atom stereocenters. The molecule has 128 valence electrons. The normalized spacial score (nSPS) is 20.1. The molecule has 0 fully saturated rings. The van der Waals surface area contributed by atoms with Gasteiger partial charge in [0.25, 0.3) is 0 Å². The van der Waals surface area contributed by atoms with E-state index in [-0.39, 0.29) is 5.41 Å². The Bertz CT molecular complexity index is 675. The molecule has 1 aliphatic rings. The molecule has 2 nitrogen and oxygen atoms in total. The average Bonchev–Trinajstić information content (AvgIpc) is 2.81. The Morgan fingerprint density at radius 1 is 0.917 bits per heavy atom. The van der Waals surface area contributed by atoms with Gasteiger partial charge in [-0.3, -0.25) is 0 Å². The van der Waals surface area contributed by atoms with Crippen LogP contribution in [0.3, 0.4) is 0 Å². The Morgan fingerprint density at radius 2 is 1.62 bits per heavy atom. The van der Waals surface area contributed by atoms with Crippen LogP contribution >= 0.6 is 0 Å². The minimum absolute atomic E-state index is 0.237. The number of hydrogen-bond donors (Lipinski definition) is 0. The number of fused-ring (bicyclic) bond motifs is 1. The van der Waals surface area contributed by atoms with Crippen molar-refractivity contribution in [2.45, 2.75) is 50.9 Å².